The number of thiazole rings is 1. The van der Waals surface area contributed by atoms with Gasteiger partial charge in [0.15, 0.2) is 0 Å². The molecule has 0 saturated heterocycles. The van der Waals surface area contributed by atoms with Crippen LogP contribution >= 0.6 is 11.3 Å². The molecule has 2 heterocycles. The molecule has 3 rings (SSSR count). The van der Waals surface area contributed by atoms with Crippen molar-refractivity contribution in [3.63, 3.8) is 0 Å². The number of nitrogens with one attached hydrogen (secondary N) is 1. The quantitative estimate of drug-likeness (QED) is 0.754. The van der Waals surface area contributed by atoms with Gasteiger partial charge in [0.25, 0.3) is 0 Å². The highest BCUT2D eigenvalue weighted by Crippen LogP contribution is 2.24. The maximum Gasteiger partial charge on any atom is 0.123 e. The largest absolute Gasteiger partial charge is 0.307 e. The maximum atomic E-state index is 4.52. The number of benzene rings is 1. The summed E-state index contributed by atoms with van der Waals surface area (Å²) in [5.41, 5.74) is 1.18. The Morgan fingerprint density at radius 2 is 2.00 bits per heavy atom. The molecule has 0 saturated carbocycles. The first-order valence-electron chi connectivity index (χ1n) is 7.46. The monoisotopic (exact) mass is 312 g/mol. The molecule has 1 N–H and O–H groups in total. The van der Waals surface area contributed by atoms with E-state index < -0.39 is 0 Å². The van der Waals surface area contributed by atoms with Gasteiger partial charge in [0, 0.05) is 41.6 Å². The van der Waals surface area contributed by atoms with Gasteiger partial charge in [-0.1, -0.05) is 30.3 Å². The van der Waals surface area contributed by atoms with E-state index in [2.05, 4.69) is 41.4 Å². The minimum atomic E-state index is 0.316. The summed E-state index contributed by atoms with van der Waals surface area (Å²) >= 11 is 1.74. The molecule has 3 aromatic rings. The molecule has 0 spiro atoms. The summed E-state index contributed by atoms with van der Waals surface area (Å²) in [6.07, 6.45) is 5.78. The number of aromatic nitrogens is 3. The molecular weight excluding hydrogens is 292 g/mol. The van der Waals surface area contributed by atoms with Gasteiger partial charge < -0.3 is 5.32 Å². The Balaban J connectivity index is 1.59. The van der Waals surface area contributed by atoms with Crippen molar-refractivity contribution < 1.29 is 0 Å². The summed E-state index contributed by atoms with van der Waals surface area (Å²) < 4.78 is 1.99. The fourth-order valence-corrected chi connectivity index (χ4v) is 3.15. The van der Waals surface area contributed by atoms with Crippen molar-refractivity contribution in [3.8, 4) is 10.6 Å². The molecule has 114 valence electrons. The van der Waals surface area contributed by atoms with Crippen LogP contribution in [-0.2, 0) is 6.54 Å². The van der Waals surface area contributed by atoms with Crippen LogP contribution in [0.2, 0.25) is 0 Å². The lowest BCUT2D eigenvalue weighted by molar-refractivity contribution is 0.366. The molecule has 0 aliphatic rings. The molecule has 0 aliphatic heterocycles. The number of nitrogens with zero attached hydrogens (tertiary/aromatic N) is 3. The van der Waals surface area contributed by atoms with E-state index in [-0.39, 0.29) is 0 Å². The zero-order valence-corrected chi connectivity index (χ0v) is 13.6. The van der Waals surface area contributed by atoms with Gasteiger partial charge in [0.1, 0.15) is 5.01 Å². The average Bonchev–Trinajstić information content (AvgIpc) is 3.24. The second-order valence-electron chi connectivity index (χ2n) is 5.39. The predicted octanol–water partition coefficient (Wildman–Crippen LogP) is 3.75. The van der Waals surface area contributed by atoms with Gasteiger partial charge in [-0.05, 0) is 19.9 Å². The smallest absolute Gasteiger partial charge is 0.123 e. The molecule has 0 unspecified atom stereocenters. The van der Waals surface area contributed by atoms with Crippen molar-refractivity contribution in [2.45, 2.75) is 32.5 Å². The van der Waals surface area contributed by atoms with E-state index in [1.807, 2.05) is 47.5 Å². The van der Waals surface area contributed by atoms with E-state index in [0.717, 1.165) is 11.6 Å². The Kier molecular flexibility index (Phi) is 4.65. The fraction of sp³-hybridized carbons (Fsp3) is 0.294. The van der Waals surface area contributed by atoms with Gasteiger partial charge in [0.2, 0.25) is 0 Å². The third-order valence-electron chi connectivity index (χ3n) is 3.84. The second kappa shape index (κ2) is 6.85. The first-order chi connectivity index (χ1) is 10.7. The zero-order chi connectivity index (χ0) is 15.4. The van der Waals surface area contributed by atoms with E-state index in [9.17, 15) is 0 Å². The predicted molar refractivity (Wildman–Crippen MR) is 90.8 cm³/mol. The van der Waals surface area contributed by atoms with Crippen LogP contribution in [0, 0.1) is 0 Å². The Hall–Kier alpha value is -1.98. The Morgan fingerprint density at radius 1 is 1.18 bits per heavy atom. The highest BCUT2D eigenvalue weighted by atomic mass is 32.1. The molecule has 0 amide bonds. The van der Waals surface area contributed by atoms with Crippen LogP contribution in [0.5, 0.6) is 0 Å². The van der Waals surface area contributed by atoms with E-state index in [4.69, 9.17) is 0 Å². The second-order valence-corrected chi connectivity index (χ2v) is 6.51. The molecule has 0 bridgehead atoms. The van der Waals surface area contributed by atoms with Crippen LogP contribution < -0.4 is 5.32 Å². The van der Waals surface area contributed by atoms with Crippen LogP contribution in [0.15, 0.2) is 55.0 Å². The van der Waals surface area contributed by atoms with Gasteiger partial charge >= 0.3 is 0 Å². The summed E-state index contributed by atoms with van der Waals surface area (Å²) in [5.74, 6) is 0. The van der Waals surface area contributed by atoms with Crippen LogP contribution in [-0.4, -0.2) is 20.8 Å². The molecular formula is C17H20N4S. The molecule has 0 fully saturated rings. The van der Waals surface area contributed by atoms with Crippen LogP contribution in [0.4, 0.5) is 0 Å². The Bertz CT molecular complexity index is 691. The summed E-state index contributed by atoms with van der Waals surface area (Å²) in [5, 5.41) is 8.94. The summed E-state index contributed by atoms with van der Waals surface area (Å²) in [4.78, 5) is 5.77. The van der Waals surface area contributed by atoms with Crippen molar-refractivity contribution in [1.29, 1.82) is 0 Å². The van der Waals surface area contributed by atoms with Gasteiger partial charge in [-0.3, -0.25) is 4.68 Å². The SMILES string of the molecule is C[C@H]([C@@H](C)NCc1cnc(-c2ccccc2)s1)n1cccn1. The molecule has 0 aliphatic carbocycles. The Morgan fingerprint density at radius 3 is 2.73 bits per heavy atom. The van der Waals surface area contributed by atoms with Crippen molar-refractivity contribution in [2.24, 2.45) is 0 Å². The zero-order valence-electron chi connectivity index (χ0n) is 12.8. The lowest BCUT2D eigenvalue weighted by Crippen LogP contribution is -2.33. The number of rotatable bonds is 6. The van der Waals surface area contributed by atoms with Crippen molar-refractivity contribution >= 4 is 11.3 Å². The summed E-state index contributed by atoms with van der Waals surface area (Å²) in [6, 6.07) is 12.9. The van der Waals surface area contributed by atoms with Gasteiger partial charge in [-0.15, -0.1) is 11.3 Å². The highest BCUT2D eigenvalue weighted by Gasteiger charge is 2.14. The lowest BCUT2D eigenvalue weighted by Gasteiger charge is -2.21. The van der Waals surface area contributed by atoms with E-state index >= 15 is 0 Å². The standard InChI is InChI=1S/C17H20N4S/c1-13(14(2)21-10-6-9-20-21)18-11-16-12-19-17(22-16)15-7-4-3-5-8-15/h3-10,12-14,18H,11H2,1-2H3/t13-,14-/m1/s1. The average molecular weight is 312 g/mol. The van der Waals surface area contributed by atoms with E-state index in [1.165, 1.54) is 10.4 Å². The molecule has 2 atom stereocenters. The molecule has 5 heteroatoms. The molecule has 4 nitrogen and oxygen atoms in total. The van der Waals surface area contributed by atoms with E-state index in [0.29, 0.717) is 12.1 Å². The molecule has 0 radical (unpaired) electrons. The lowest BCUT2D eigenvalue weighted by atomic mass is 10.2. The van der Waals surface area contributed by atoms with Gasteiger partial charge in [-0.25, -0.2) is 4.98 Å². The van der Waals surface area contributed by atoms with Crippen molar-refractivity contribution in [1.82, 2.24) is 20.1 Å². The highest BCUT2D eigenvalue weighted by molar-refractivity contribution is 7.15. The molecule has 1 aromatic carbocycles. The summed E-state index contributed by atoms with van der Waals surface area (Å²) in [6.45, 7) is 5.19. The minimum Gasteiger partial charge on any atom is -0.307 e. The van der Waals surface area contributed by atoms with Crippen LogP contribution in [0.25, 0.3) is 10.6 Å². The number of hydrogen-bond acceptors (Lipinski definition) is 4. The minimum absolute atomic E-state index is 0.316. The summed E-state index contributed by atoms with van der Waals surface area (Å²) in [7, 11) is 0. The topological polar surface area (TPSA) is 42.7 Å². The maximum absolute atomic E-state index is 4.52. The van der Waals surface area contributed by atoms with Crippen molar-refractivity contribution in [3.05, 3.63) is 59.9 Å². The molecule has 2 aromatic heterocycles. The third kappa shape index (κ3) is 3.43. The third-order valence-corrected chi connectivity index (χ3v) is 4.88. The van der Waals surface area contributed by atoms with Crippen molar-refractivity contribution in [2.75, 3.05) is 0 Å². The molecule has 22 heavy (non-hydrogen) atoms. The normalized spacial score (nSPS) is 13.9. The van der Waals surface area contributed by atoms with Gasteiger partial charge in [0.05, 0.1) is 6.04 Å². The van der Waals surface area contributed by atoms with Crippen LogP contribution in [0.1, 0.15) is 24.8 Å². The first-order valence-corrected chi connectivity index (χ1v) is 8.28. The van der Waals surface area contributed by atoms with Crippen LogP contribution in [0.3, 0.4) is 0 Å². The Labute approximate surface area is 134 Å². The van der Waals surface area contributed by atoms with Gasteiger partial charge in [-0.2, -0.15) is 5.10 Å². The fourth-order valence-electron chi connectivity index (χ4n) is 2.29. The van der Waals surface area contributed by atoms with E-state index in [1.54, 1.807) is 11.3 Å². The first kappa shape index (κ1) is 14.9. The number of hydrogen-bond donors (Lipinski definition) is 1.